The maximum Gasteiger partial charge on any atom is 0.410 e. The fraction of sp³-hybridized carbons (Fsp3) is 0.609. The van der Waals surface area contributed by atoms with Crippen LogP contribution in [0.15, 0.2) is 12.1 Å². The number of nitrogens with one attached hydrogen (secondary N) is 1. The van der Waals surface area contributed by atoms with Crippen LogP contribution in [0.25, 0.3) is 0 Å². The Bertz CT molecular complexity index is 835. The first-order chi connectivity index (χ1) is 14.5. The van der Waals surface area contributed by atoms with Crippen LogP contribution in [0.1, 0.15) is 69.9 Å². The molecule has 31 heavy (non-hydrogen) atoms. The van der Waals surface area contributed by atoms with Crippen molar-refractivity contribution >= 4 is 17.9 Å². The van der Waals surface area contributed by atoms with Gasteiger partial charge < -0.3 is 9.64 Å². The number of carbonyl (C=O) groups excluding carboxylic acids is 3. The molecule has 0 aromatic heterocycles. The lowest BCUT2D eigenvalue weighted by atomic mass is 9.87. The molecule has 2 heterocycles. The Hall–Kier alpha value is -2.51. The predicted octanol–water partition coefficient (Wildman–Crippen LogP) is 4.06. The van der Waals surface area contributed by atoms with Crippen LogP contribution in [0, 0.1) is 17.6 Å². The van der Waals surface area contributed by atoms with Gasteiger partial charge >= 0.3 is 6.09 Å². The van der Waals surface area contributed by atoms with Gasteiger partial charge in [0.25, 0.3) is 0 Å². The molecular formula is C23H30F2N2O4. The maximum absolute atomic E-state index is 14.6. The van der Waals surface area contributed by atoms with Crippen molar-refractivity contribution in [2.24, 2.45) is 5.92 Å². The molecule has 1 N–H and O–H groups in total. The standard InChI is InChI=1S/C23H30F2N2O4/c1-23(2,3)31-22(30)27-10-8-14(9-11-27)4-5-15-12-17(24)20(18(25)13-15)16-6-7-19(28)26-21(16)29/h12-14,16H,4-11H2,1-3H3,(H,26,28,29). The average Bonchev–Trinajstić information content (AvgIpc) is 2.66. The lowest BCUT2D eigenvalue weighted by molar-refractivity contribution is -0.134. The topological polar surface area (TPSA) is 75.7 Å². The van der Waals surface area contributed by atoms with E-state index in [4.69, 9.17) is 4.74 Å². The van der Waals surface area contributed by atoms with Crippen molar-refractivity contribution in [3.05, 3.63) is 34.9 Å². The first-order valence-corrected chi connectivity index (χ1v) is 10.8. The number of amides is 3. The van der Waals surface area contributed by atoms with Crippen LogP contribution in [0.2, 0.25) is 0 Å². The number of halogens is 2. The molecule has 0 bridgehead atoms. The Kier molecular flexibility index (Phi) is 6.96. The van der Waals surface area contributed by atoms with E-state index in [0.717, 1.165) is 19.3 Å². The summed E-state index contributed by atoms with van der Waals surface area (Å²) in [4.78, 5) is 37.1. The summed E-state index contributed by atoms with van der Waals surface area (Å²) < 4.78 is 34.7. The molecule has 1 unspecified atom stereocenters. The zero-order valence-electron chi connectivity index (χ0n) is 18.3. The largest absolute Gasteiger partial charge is 0.444 e. The van der Waals surface area contributed by atoms with Crippen molar-refractivity contribution in [2.45, 2.75) is 70.8 Å². The van der Waals surface area contributed by atoms with Crippen LogP contribution in [0.3, 0.4) is 0 Å². The number of likely N-dealkylation sites (tertiary alicyclic amines) is 1. The van der Waals surface area contributed by atoms with E-state index in [-0.39, 0.29) is 24.5 Å². The molecule has 8 heteroatoms. The van der Waals surface area contributed by atoms with E-state index >= 15 is 0 Å². The Labute approximate surface area is 181 Å². The molecule has 2 saturated heterocycles. The highest BCUT2D eigenvalue weighted by Crippen LogP contribution is 2.31. The number of nitrogens with zero attached hydrogens (tertiary/aromatic N) is 1. The van der Waals surface area contributed by atoms with E-state index in [1.807, 2.05) is 20.8 Å². The van der Waals surface area contributed by atoms with Gasteiger partial charge in [-0.1, -0.05) is 0 Å². The number of imide groups is 1. The monoisotopic (exact) mass is 436 g/mol. The van der Waals surface area contributed by atoms with Crippen molar-refractivity contribution in [3.63, 3.8) is 0 Å². The van der Waals surface area contributed by atoms with Crippen LogP contribution in [-0.2, 0) is 20.7 Å². The molecule has 2 aliphatic rings. The number of aryl methyl sites for hydroxylation is 1. The smallest absolute Gasteiger partial charge is 0.410 e. The number of piperidine rings is 2. The lowest BCUT2D eigenvalue weighted by Gasteiger charge is -2.33. The van der Waals surface area contributed by atoms with Gasteiger partial charge in [0.1, 0.15) is 17.2 Å². The summed E-state index contributed by atoms with van der Waals surface area (Å²) in [5.41, 5.74) is -0.248. The van der Waals surface area contributed by atoms with Crippen LogP contribution in [-0.4, -0.2) is 41.5 Å². The minimum absolute atomic E-state index is 0.0685. The van der Waals surface area contributed by atoms with Gasteiger partial charge in [-0.3, -0.25) is 14.9 Å². The number of benzene rings is 1. The summed E-state index contributed by atoms with van der Waals surface area (Å²) >= 11 is 0. The number of ether oxygens (including phenoxy) is 1. The number of rotatable bonds is 4. The van der Waals surface area contributed by atoms with E-state index in [1.165, 1.54) is 12.1 Å². The molecule has 1 aromatic rings. The van der Waals surface area contributed by atoms with Gasteiger partial charge in [-0.15, -0.1) is 0 Å². The quantitative estimate of drug-likeness (QED) is 0.722. The SMILES string of the molecule is CC(C)(C)OC(=O)N1CCC(CCc2cc(F)c(C3CCC(=O)NC3=O)c(F)c2)CC1. The third kappa shape index (κ3) is 6.02. The molecule has 0 saturated carbocycles. The lowest BCUT2D eigenvalue weighted by Crippen LogP contribution is -2.41. The van der Waals surface area contributed by atoms with Crippen molar-refractivity contribution in [2.75, 3.05) is 13.1 Å². The Balaban J connectivity index is 1.54. The Morgan fingerprint density at radius 2 is 1.74 bits per heavy atom. The van der Waals surface area contributed by atoms with Gasteiger partial charge in [-0.05, 0) is 76.5 Å². The minimum Gasteiger partial charge on any atom is -0.444 e. The van der Waals surface area contributed by atoms with Gasteiger partial charge in [-0.25, -0.2) is 13.6 Å². The molecule has 6 nitrogen and oxygen atoms in total. The molecule has 3 amide bonds. The summed E-state index contributed by atoms with van der Waals surface area (Å²) in [5.74, 6) is -3.19. The molecule has 0 radical (unpaired) electrons. The van der Waals surface area contributed by atoms with Gasteiger partial charge in [0, 0.05) is 25.1 Å². The molecule has 2 aliphatic heterocycles. The first-order valence-electron chi connectivity index (χ1n) is 10.8. The van der Waals surface area contributed by atoms with Crippen LogP contribution < -0.4 is 5.32 Å². The summed E-state index contributed by atoms with van der Waals surface area (Å²) in [5, 5.41) is 2.14. The van der Waals surface area contributed by atoms with E-state index in [2.05, 4.69) is 5.32 Å². The highest BCUT2D eigenvalue weighted by atomic mass is 19.1. The fourth-order valence-electron chi connectivity index (χ4n) is 4.18. The van der Waals surface area contributed by atoms with E-state index in [9.17, 15) is 23.2 Å². The summed E-state index contributed by atoms with van der Waals surface area (Å²) in [6.07, 6.45) is 2.78. The molecule has 0 aliphatic carbocycles. The Morgan fingerprint density at radius 1 is 1.13 bits per heavy atom. The summed E-state index contributed by atoms with van der Waals surface area (Å²) in [6.45, 7) is 6.72. The predicted molar refractivity (Wildman–Crippen MR) is 110 cm³/mol. The number of hydrogen-bond acceptors (Lipinski definition) is 4. The molecule has 1 atom stereocenters. The Morgan fingerprint density at radius 3 is 2.29 bits per heavy atom. The molecule has 0 spiro atoms. The second-order valence-electron chi connectivity index (χ2n) is 9.43. The van der Waals surface area contributed by atoms with E-state index in [0.29, 0.717) is 31.0 Å². The van der Waals surface area contributed by atoms with Crippen LogP contribution in [0.4, 0.5) is 13.6 Å². The zero-order valence-corrected chi connectivity index (χ0v) is 18.3. The average molecular weight is 436 g/mol. The van der Waals surface area contributed by atoms with Gasteiger partial charge in [-0.2, -0.15) is 0 Å². The maximum atomic E-state index is 14.6. The first kappa shape index (κ1) is 23.2. The normalized spacial score (nSPS) is 20.5. The summed E-state index contributed by atoms with van der Waals surface area (Å²) in [7, 11) is 0. The van der Waals surface area contributed by atoms with E-state index < -0.39 is 35.0 Å². The second-order valence-corrected chi connectivity index (χ2v) is 9.43. The molecule has 3 rings (SSSR count). The fourth-order valence-corrected chi connectivity index (χ4v) is 4.18. The molecule has 2 fully saturated rings. The van der Waals surface area contributed by atoms with Gasteiger partial charge in [0.05, 0.1) is 5.92 Å². The van der Waals surface area contributed by atoms with Crippen molar-refractivity contribution in [1.29, 1.82) is 0 Å². The zero-order chi connectivity index (χ0) is 22.8. The highest BCUT2D eigenvalue weighted by molar-refractivity contribution is 6.00. The van der Waals surface area contributed by atoms with Gasteiger partial charge in [0.2, 0.25) is 11.8 Å². The summed E-state index contributed by atoms with van der Waals surface area (Å²) in [6, 6.07) is 2.58. The van der Waals surface area contributed by atoms with Crippen molar-refractivity contribution in [1.82, 2.24) is 10.2 Å². The third-order valence-corrected chi connectivity index (χ3v) is 5.83. The van der Waals surface area contributed by atoms with Crippen LogP contribution >= 0.6 is 0 Å². The highest BCUT2D eigenvalue weighted by Gasteiger charge is 2.32. The van der Waals surface area contributed by atoms with Crippen LogP contribution in [0.5, 0.6) is 0 Å². The molecule has 170 valence electrons. The third-order valence-electron chi connectivity index (χ3n) is 5.83. The number of carbonyl (C=O) groups is 3. The molecular weight excluding hydrogens is 406 g/mol. The van der Waals surface area contributed by atoms with E-state index in [1.54, 1.807) is 4.90 Å². The van der Waals surface area contributed by atoms with Gasteiger partial charge in [0.15, 0.2) is 0 Å². The number of hydrogen-bond donors (Lipinski definition) is 1. The molecule has 1 aromatic carbocycles. The second kappa shape index (κ2) is 9.32. The minimum atomic E-state index is -0.982. The van der Waals surface area contributed by atoms with Crippen molar-refractivity contribution in [3.8, 4) is 0 Å². The van der Waals surface area contributed by atoms with Crippen molar-refractivity contribution < 1.29 is 27.9 Å².